The maximum atomic E-state index is 13.4. The smallest absolute Gasteiger partial charge is 0.445 e. The predicted octanol–water partition coefficient (Wildman–Crippen LogP) is 8.11. The number of alkyl halides is 6. The molecule has 0 aromatic carbocycles. The summed E-state index contributed by atoms with van der Waals surface area (Å²) in [6.45, 7) is 11.1. The third-order valence-corrected chi connectivity index (χ3v) is 16.3. The van der Waals surface area contributed by atoms with Crippen LogP contribution in [0.1, 0.15) is 80.1 Å². The molecular formula is C30H45Cl6NO9Si. The van der Waals surface area contributed by atoms with Crippen LogP contribution in [0.15, 0.2) is 0 Å². The Hall–Kier alpha value is 0.337. The first-order valence-corrected chi connectivity index (χ1v) is 20.1. The van der Waals surface area contributed by atoms with E-state index in [-0.39, 0.29) is 6.61 Å². The summed E-state index contributed by atoms with van der Waals surface area (Å²) in [5.41, 5.74) is -0.775. The minimum absolute atomic E-state index is 0.0631. The molecule has 4 aliphatic carbocycles. The SMILES string of the molecule is CC(C)(C)[Si]1(C(C)(C)C)OC[C@H]2O[C@@](O)(C34CC5CC(CC(C5)C3)C4)[C@H](NC(=O)OCC(Cl)(Cl)Cl)[C@@H](OC(=O)OCC(Cl)(Cl)Cl)[C@H]2O1. The minimum Gasteiger partial charge on any atom is -0.445 e. The Labute approximate surface area is 307 Å². The molecule has 10 nitrogen and oxygen atoms in total. The van der Waals surface area contributed by atoms with E-state index in [1.54, 1.807) is 0 Å². The van der Waals surface area contributed by atoms with E-state index in [2.05, 4.69) is 5.32 Å². The molecule has 4 saturated carbocycles. The van der Waals surface area contributed by atoms with Crippen LogP contribution in [0, 0.1) is 23.2 Å². The van der Waals surface area contributed by atoms with E-state index in [1.807, 2.05) is 41.5 Å². The summed E-state index contributed by atoms with van der Waals surface area (Å²) in [6.07, 6.45) is -0.197. The van der Waals surface area contributed by atoms with Crippen molar-refractivity contribution in [3.05, 3.63) is 0 Å². The summed E-state index contributed by atoms with van der Waals surface area (Å²) in [7, 11) is -3.21. The van der Waals surface area contributed by atoms with E-state index in [0.29, 0.717) is 37.0 Å². The first kappa shape index (κ1) is 38.6. The predicted molar refractivity (Wildman–Crippen MR) is 182 cm³/mol. The van der Waals surface area contributed by atoms with Crippen molar-refractivity contribution in [2.75, 3.05) is 19.8 Å². The Kier molecular flexibility index (Phi) is 10.7. The fourth-order valence-corrected chi connectivity index (χ4v) is 14.8. The van der Waals surface area contributed by atoms with Crippen LogP contribution >= 0.6 is 69.6 Å². The monoisotopic (exact) mass is 801 g/mol. The molecule has 0 spiro atoms. The van der Waals surface area contributed by atoms with E-state index in [4.69, 9.17) is 97.4 Å². The molecule has 17 heteroatoms. The van der Waals surface area contributed by atoms with Gasteiger partial charge in [0.05, 0.1) is 6.61 Å². The number of alkyl carbamates (subject to hydrolysis) is 1. The Morgan fingerprint density at radius 2 is 1.34 bits per heavy atom. The van der Waals surface area contributed by atoms with Crippen LogP contribution in [0.2, 0.25) is 10.1 Å². The average Bonchev–Trinajstić information content (AvgIpc) is 2.89. The molecule has 0 aromatic heterocycles. The van der Waals surface area contributed by atoms with Gasteiger partial charge in [-0.1, -0.05) is 111 Å². The van der Waals surface area contributed by atoms with Gasteiger partial charge in [0, 0.05) is 15.5 Å². The van der Waals surface area contributed by atoms with Gasteiger partial charge in [-0.15, -0.1) is 0 Å². The maximum Gasteiger partial charge on any atom is 0.508 e. The molecule has 270 valence electrons. The van der Waals surface area contributed by atoms with Gasteiger partial charge < -0.3 is 38.2 Å². The number of aliphatic hydroxyl groups is 1. The Balaban J connectivity index is 1.59. The number of carbonyl (C=O) groups excluding carboxylic acids is 2. The lowest BCUT2D eigenvalue weighted by atomic mass is 9.46. The normalized spacial score (nSPS) is 38.4. The van der Waals surface area contributed by atoms with Gasteiger partial charge in [0.15, 0.2) is 11.9 Å². The molecule has 6 aliphatic rings. The number of hydrogen-bond donors (Lipinski definition) is 2. The highest BCUT2D eigenvalue weighted by atomic mass is 35.6. The van der Waals surface area contributed by atoms with Crippen molar-refractivity contribution in [1.29, 1.82) is 0 Å². The summed E-state index contributed by atoms with van der Waals surface area (Å²) < 4.78 is 33.1. The van der Waals surface area contributed by atoms with Gasteiger partial charge in [-0.2, -0.15) is 0 Å². The topological polar surface area (TPSA) is 122 Å². The minimum atomic E-state index is -3.21. The van der Waals surface area contributed by atoms with Crippen LogP contribution < -0.4 is 5.32 Å². The Bertz CT molecular complexity index is 1150. The molecule has 0 unspecified atom stereocenters. The number of hydrogen-bond acceptors (Lipinski definition) is 9. The van der Waals surface area contributed by atoms with Crippen LogP contribution in [-0.2, 0) is 27.8 Å². The molecule has 4 bridgehead atoms. The second-order valence-electron chi connectivity index (χ2n) is 16.1. The Morgan fingerprint density at radius 3 is 1.81 bits per heavy atom. The number of ether oxygens (including phenoxy) is 4. The lowest BCUT2D eigenvalue weighted by Gasteiger charge is -2.66. The summed E-state index contributed by atoms with van der Waals surface area (Å²) in [5, 5.41) is 14.9. The van der Waals surface area contributed by atoms with Crippen molar-refractivity contribution in [2.24, 2.45) is 23.2 Å². The van der Waals surface area contributed by atoms with Crippen molar-refractivity contribution >= 4 is 90.4 Å². The van der Waals surface area contributed by atoms with E-state index < -0.39 is 87.2 Å². The average molecular weight is 804 g/mol. The van der Waals surface area contributed by atoms with Crippen molar-refractivity contribution in [1.82, 2.24) is 5.32 Å². The lowest BCUT2D eigenvalue weighted by molar-refractivity contribution is -0.384. The molecule has 6 fully saturated rings. The van der Waals surface area contributed by atoms with Gasteiger partial charge in [-0.05, 0) is 56.3 Å². The summed E-state index contributed by atoms with van der Waals surface area (Å²) in [6, 6.07) is -1.40. The van der Waals surface area contributed by atoms with E-state index in [0.717, 1.165) is 19.3 Å². The largest absolute Gasteiger partial charge is 0.508 e. The number of carbonyl (C=O) groups is 2. The van der Waals surface area contributed by atoms with Gasteiger partial charge in [0.2, 0.25) is 7.59 Å². The number of halogens is 6. The highest BCUT2D eigenvalue weighted by molar-refractivity contribution is 6.73. The zero-order valence-corrected chi connectivity index (χ0v) is 32.9. The van der Waals surface area contributed by atoms with Crippen LogP contribution in [0.25, 0.3) is 0 Å². The molecule has 2 aliphatic heterocycles. The van der Waals surface area contributed by atoms with E-state index >= 15 is 0 Å². The first-order valence-electron chi connectivity index (χ1n) is 16.0. The summed E-state index contributed by atoms with van der Waals surface area (Å²) in [4.78, 5) is 26.7. The number of fused-ring (bicyclic) bond motifs is 1. The summed E-state index contributed by atoms with van der Waals surface area (Å²) >= 11 is 35.2. The second-order valence-corrected chi connectivity index (χ2v) is 25.9. The molecular weight excluding hydrogens is 759 g/mol. The lowest BCUT2D eigenvalue weighted by Crippen LogP contribution is -2.80. The molecule has 6 rings (SSSR count). The van der Waals surface area contributed by atoms with Crippen LogP contribution in [0.3, 0.4) is 0 Å². The van der Waals surface area contributed by atoms with Gasteiger partial charge in [-0.3, -0.25) is 0 Å². The summed E-state index contributed by atoms with van der Waals surface area (Å²) in [5.74, 6) is -0.880. The standard InChI is InChI=1S/C30H45Cl6NO9Si/c1-25(2,3)47(26(4,5)6)43-13-19-20(46-47)21(44-24(39)42-15-29(34,35)36)22(37-23(38)41-14-28(31,32)33)30(40,45-19)27-10-16-7-17(11-27)9-18(8-16)12-27/h16-22,40H,7-15H2,1-6H3,(H,37,38)/t16?,17?,18?,19-,20+,21+,22-,27?,30-/m1/s1. The van der Waals surface area contributed by atoms with Crippen molar-refractivity contribution < 1.29 is 42.5 Å². The van der Waals surface area contributed by atoms with Gasteiger partial charge in [-0.25, -0.2) is 9.59 Å². The van der Waals surface area contributed by atoms with E-state index in [9.17, 15) is 14.7 Å². The number of nitrogens with one attached hydrogen (secondary N) is 1. The van der Waals surface area contributed by atoms with Gasteiger partial charge >= 0.3 is 20.8 Å². The van der Waals surface area contributed by atoms with Gasteiger partial charge in [0.1, 0.15) is 31.5 Å². The van der Waals surface area contributed by atoms with E-state index in [1.165, 1.54) is 0 Å². The molecule has 1 amide bonds. The second kappa shape index (κ2) is 13.1. The quantitative estimate of drug-likeness (QED) is 0.161. The number of rotatable bonds is 5. The maximum absolute atomic E-state index is 13.4. The molecule has 0 aromatic rings. The van der Waals surface area contributed by atoms with Crippen molar-refractivity contribution in [3.63, 3.8) is 0 Å². The van der Waals surface area contributed by atoms with Crippen molar-refractivity contribution in [2.45, 2.75) is 128 Å². The highest BCUT2D eigenvalue weighted by Crippen LogP contribution is 2.66. The Morgan fingerprint density at radius 1 is 0.851 bits per heavy atom. The highest BCUT2D eigenvalue weighted by Gasteiger charge is 2.72. The van der Waals surface area contributed by atoms with Crippen molar-refractivity contribution in [3.8, 4) is 0 Å². The zero-order valence-electron chi connectivity index (χ0n) is 27.4. The zero-order chi connectivity index (χ0) is 35.0. The fraction of sp³-hybridized carbons (Fsp3) is 0.933. The first-order chi connectivity index (χ1) is 21.4. The van der Waals surface area contributed by atoms with Gasteiger partial charge in [0.25, 0.3) is 0 Å². The fourth-order valence-electron chi connectivity index (χ4n) is 9.52. The molecule has 0 radical (unpaired) electrons. The molecule has 5 atom stereocenters. The van der Waals surface area contributed by atoms with Crippen LogP contribution in [-0.4, -0.2) is 83.5 Å². The molecule has 47 heavy (non-hydrogen) atoms. The number of amides is 1. The third-order valence-electron chi connectivity index (χ3n) is 10.5. The molecule has 2 N–H and O–H groups in total. The van der Waals surface area contributed by atoms with Crippen LogP contribution in [0.5, 0.6) is 0 Å². The molecule has 2 heterocycles. The molecule has 2 saturated heterocycles. The van der Waals surface area contributed by atoms with Crippen LogP contribution in [0.4, 0.5) is 9.59 Å². The third kappa shape index (κ3) is 7.76.